The predicted molar refractivity (Wildman–Crippen MR) is 309 cm³/mol. The summed E-state index contributed by atoms with van der Waals surface area (Å²) in [6, 6.07) is 86.3. The Morgan fingerprint density at radius 1 is 0.236 bits per heavy atom. The fourth-order valence-corrected chi connectivity index (χ4v) is 11.5. The van der Waals surface area contributed by atoms with E-state index in [2.05, 4.69) is 281 Å². The Kier molecular flexibility index (Phi) is 10.0. The zero-order valence-electron chi connectivity index (χ0n) is 41.8. The second-order valence-corrected chi connectivity index (χ2v) is 21.8. The Morgan fingerprint density at radius 3 is 0.917 bits per heavy atom. The van der Waals surface area contributed by atoms with Gasteiger partial charge in [-0.25, -0.2) is 0 Å². The van der Waals surface area contributed by atoms with Gasteiger partial charge in [-0.3, -0.25) is 0 Å². The van der Waals surface area contributed by atoms with Crippen LogP contribution >= 0.6 is 0 Å². The van der Waals surface area contributed by atoms with Gasteiger partial charge in [-0.15, -0.1) is 0 Å². The summed E-state index contributed by atoms with van der Waals surface area (Å²) in [6.45, 7) is 13.8. The van der Waals surface area contributed by atoms with E-state index in [0.29, 0.717) is 0 Å². The molecule has 0 aliphatic rings. The highest BCUT2D eigenvalue weighted by Gasteiger charge is 2.23. The Morgan fingerprint density at radius 2 is 0.542 bits per heavy atom. The minimum absolute atomic E-state index is 0.0323. The molecule has 0 saturated carbocycles. The summed E-state index contributed by atoms with van der Waals surface area (Å²) in [4.78, 5) is 0. The molecule has 0 fully saturated rings. The molecule has 2 heterocycles. The van der Waals surface area contributed by atoms with Crippen molar-refractivity contribution in [2.45, 2.75) is 52.4 Å². The summed E-state index contributed by atoms with van der Waals surface area (Å²) in [5, 5.41) is 9.97. The molecule has 2 aromatic heterocycles. The minimum Gasteiger partial charge on any atom is -0.309 e. The molecule has 11 aromatic carbocycles. The van der Waals surface area contributed by atoms with E-state index >= 15 is 0 Å². The molecule has 72 heavy (non-hydrogen) atoms. The third kappa shape index (κ3) is 7.16. The van der Waals surface area contributed by atoms with Crippen molar-refractivity contribution < 1.29 is 0 Å². The van der Waals surface area contributed by atoms with Gasteiger partial charge < -0.3 is 9.13 Å². The number of benzene rings is 11. The van der Waals surface area contributed by atoms with Crippen LogP contribution in [0.15, 0.2) is 231 Å². The Labute approximate surface area is 422 Å². The molecule has 0 bridgehead atoms. The largest absolute Gasteiger partial charge is 0.309 e. The molecule has 2 heteroatoms. The van der Waals surface area contributed by atoms with Crippen molar-refractivity contribution >= 4 is 65.2 Å². The first-order valence-electron chi connectivity index (χ1n) is 25.4. The maximum atomic E-state index is 2.47. The quantitative estimate of drug-likeness (QED) is 0.147. The van der Waals surface area contributed by atoms with E-state index in [4.69, 9.17) is 0 Å². The standard InChI is InChI=1S/C70H56N2/c1-69(2,3)51-33-25-45(26-34-51)67-57-37-29-48(50-32-40-66-60(42-50)56-22-14-16-24-64(56)72(66)54-19-11-8-12-20-54)44-62(57)68(46-27-35-52(36-28-46)70(4,5)6)58-38-30-47(43-61(58)67)49-31-39-65-59(41-49)55-21-13-15-23-63(55)71(65)53-17-9-7-10-18-53/h7-44H,1-6H3. The molecule has 0 aliphatic heterocycles. The second kappa shape index (κ2) is 16.6. The summed E-state index contributed by atoms with van der Waals surface area (Å²) >= 11 is 0. The lowest BCUT2D eigenvalue weighted by Crippen LogP contribution is -2.10. The molecule has 0 aliphatic carbocycles. The number of fused-ring (bicyclic) bond motifs is 8. The third-order valence-electron chi connectivity index (χ3n) is 15.2. The van der Waals surface area contributed by atoms with Crippen molar-refractivity contribution in [3.05, 3.63) is 242 Å². The molecule has 346 valence electrons. The van der Waals surface area contributed by atoms with Gasteiger partial charge in [0.2, 0.25) is 0 Å². The van der Waals surface area contributed by atoms with Crippen molar-refractivity contribution in [1.29, 1.82) is 0 Å². The number of nitrogens with zero attached hydrogens (tertiary/aromatic N) is 2. The van der Waals surface area contributed by atoms with Crippen LogP contribution in [-0.4, -0.2) is 9.13 Å². The van der Waals surface area contributed by atoms with E-state index in [9.17, 15) is 0 Å². The number of aromatic nitrogens is 2. The molecule has 0 atom stereocenters. The van der Waals surface area contributed by atoms with Crippen LogP contribution in [0.3, 0.4) is 0 Å². The monoisotopic (exact) mass is 924 g/mol. The van der Waals surface area contributed by atoms with Crippen molar-refractivity contribution in [2.75, 3.05) is 0 Å². The zero-order chi connectivity index (χ0) is 48.9. The molecule has 2 nitrogen and oxygen atoms in total. The fourth-order valence-electron chi connectivity index (χ4n) is 11.5. The second-order valence-electron chi connectivity index (χ2n) is 21.8. The Balaban J connectivity index is 1.07. The van der Waals surface area contributed by atoms with Gasteiger partial charge in [-0.1, -0.05) is 199 Å². The maximum Gasteiger partial charge on any atom is 0.0541 e. The lowest BCUT2D eigenvalue weighted by atomic mass is 9.81. The molecule has 0 unspecified atom stereocenters. The van der Waals surface area contributed by atoms with E-state index in [1.807, 2.05) is 0 Å². The Hall–Kier alpha value is -8.46. The van der Waals surface area contributed by atoms with Gasteiger partial charge in [0.15, 0.2) is 0 Å². The third-order valence-corrected chi connectivity index (χ3v) is 15.2. The van der Waals surface area contributed by atoms with Gasteiger partial charge in [0.05, 0.1) is 22.1 Å². The molecule has 0 amide bonds. The zero-order valence-corrected chi connectivity index (χ0v) is 41.8. The topological polar surface area (TPSA) is 9.86 Å². The highest BCUT2D eigenvalue weighted by molar-refractivity contribution is 6.23. The summed E-state index contributed by atoms with van der Waals surface area (Å²) < 4.78 is 4.79. The fraction of sp³-hybridized carbons (Fsp3) is 0.114. The van der Waals surface area contributed by atoms with Crippen LogP contribution in [0.25, 0.3) is 121 Å². The van der Waals surface area contributed by atoms with E-state index in [1.165, 1.54) is 132 Å². The van der Waals surface area contributed by atoms with Crippen LogP contribution in [0.2, 0.25) is 0 Å². The van der Waals surface area contributed by atoms with Crippen LogP contribution in [0, 0.1) is 0 Å². The average Bonchev–Trinajstić information content (AvgIpc) is 3.92. The van der Waals surface area contributed by atoms with Crippen LogP contribution in [0.1, 0.15) is 52.7 Å². The average molecular weight is 925 g/mol. The van der Waals surface area contributed by atoms with Crippen molar-refractivity contribution in [1.82, 2.24) is 9.13 Å². The lowest BCUT2D eigenvalue weighted by Gasteiger charge is -2.22. The van der Waals surface area contributed by atoms with E-state index in [-0.39, 0.29) is 10.8 Å². The smallest absolute Gasteiger partial charge is 0.0541 e. The highest BCUT2D eigenvalue weighted by Crippen LogP contribution is 2.48. The molecule has 13 rings (SSSR count). The molecular formula is C70H56N2. The SMILES string of the molecule is CC(C)(C)c1ccc(-c2c3ccc(-c4ccc5c(c4)c4ccccc4n5-c4ccccc4)cc3c(-c3ccc(C(C)(C)C)cc3)c3ccc(-c4ccc5c(c4)c4ccccc4n5-c4ccccc4)cc23)cc1. The van der Waals surface area contributed by atoms with Gasteiger partial charge in [-0.05, 0) is 161 Å². The molecular weight excluding hydrogens is 869 g/mol. The summed E-state index contributed by atoms with van der Waals surface area (Å²) in [5.41, 5.74) is 19.6. The summed E-state index contributed by atoms with van der Waals surface area (Å²) in [5.74, 6) is 0. The van der Waals surface area contributed by atoms with E-state index < -0.39 is 0 Å². The highest BCUT2D eigenvalue weighted by atomic mass is 15.0. The van der Waals surface area contributed by atoms with Gasteiger partial charge in [0, 0.05) is 32.9 Å². The normalized spacial score (nSPS) is 12.3. The minimum atomic E-state index is 0.0323. The first-order chi connectivity index (χ1) is 35.0. The van der Waals surface area contributed by atoms with Crippen LogP contribution in [0.4, 0.5) is 0 Å². The van der Waals surface area contributed by atoms with Crippen LogP contribution < -0.4 is 0 Å². The van der Waals surface area contributed by atoms with Gasteiger partial charge in [0.25, 0.3) is 0 Å². The van der Waals surface area contributed by atoms with Gasteiger partial charge in [-0.2, -0.15) is 0 Å². The lowest BCUT2D eigenvalue weighted by molar-refractivity contribution is 0.590. The first-order valence-corrected chi connectivity index (χ1v) is 25.4. The van der Waals surface area contributed by atoms with Crippen LogP contribution in [-0.2, 0) is 10.8 Å². The van der Waals surface area contributed by atoms with Gasteiger partial charge >= 0.3 is 0 Å². The van der Waals surface area contributed by atoms with Gasteiger partial charge in [0.1, 0.15) is 0 Å². The maximum absolute atomic E-state index is 2.47. The number of hydrogen-bond acceptors (Lipinski definition) is 0. The number of para-hydroxylation sites is 4. The first kappa shape index (κ1) is 43.6. The van der Waals surface area contributed by atoms with Crippen molar-refractivity contribution in [3.63, 3.8) is 0 Å². The van der Waals surface area contributed by atoms with Crippen molar-refractivity contribution in [3.8, 4) is 55.9 Å². The van der Waals surface area contributed by atoms with E-state index in [1.54, 1.807) is 0 Å². The predicted octanol–water partition coefficient (Wildman–Crippen LogP) is 19.5. The number of rotatable bonds is 6. The summed E-state index contributed by atoms with van der Waals surface area (Å²) in [7, 11) is 0. The summed E-state index contributed by atoms with van der Waals surface area (Å²) in [6.07, 6.45) is 0. The molecule has 13 aromatic rings. The van der Waals surface area contributed by atoms with E-state index in [0.717, 1.165) is 0 Å². The molecule has 0 spiro atoms. The molecule has 0 saturated heterocycles. The molecule has 0 radical (unpaired) electrons. The molecule has 0 N–H and O–H groups in total. The van der Waals surface area contributed by atoms with Crippen molar-refractivity contribution in [2.24, 2.45) is 0 Å². The Bertz CT molecular complexity index is 3950. The number of hydrogen-bond donors (Lipinski definition) is 0. The van der Waals surface area contributed by atoms with Crippen LogP contribution in [0.5, 0.6) is 0 Å².